The predicted octanol–water partition coefficient (Wildman–Crippen LogP) is -0.573. The third kappa shape index (κ3) is 3.34. The van der Waals surface area contributed by atoms with Crippen LogP contribution in [0.25, 0.3) is 0 Å². The van der Waals surface area contributed by atoms with Crippen LogP contribution < -0.4 is 10.6 Å². The number of anilines is 2. The Labute approximate surface area is 103 Å². The van der Waals surface area contributed by atoms with Gasteiger partial charge in [-0.15, -0.1) is 0 Å². The first kappa shape index (κ1) is 12.1. The van der Waals surface area contributed by atoms with Crippen molar-refractivity contribution in [3.63, 3.8) is 0 Å². The molecule has 8 nitrogen and oxygen atoms in total. The molecule has 8 heteroatoms. The van der Waals surface area contributed by atoms with E-state index in [9.17, 15) is 10.2 Å². The molecule has 2 unspecified atom stereocenters. The SMILES string of the molecule is OC(Nc1ncccn1)C(O)Nc1ncccn1. The molecule has 0 spiro atoms. The molecule has 2 heterocycles. The quantitative estimate of drug-likeness (QED) is 0.520. The standard InChI is InChI=1S/C10H12N6O2/c17-7(15-9-11-3-1-4-12-9)8(18)16-10-13-5-2-6-14-10/h1-8,17-18H,(H,11,12,15)(H,13,14,16). The summed E-state index contributed by atoms with van der Waals surface area (Å²) in [6, 6.07) is 3.29. The second-order valence-corrected chi connectivity index (χ2v) is 3.32. The fourth-order valence-corrected chi connectivity index (χ4v) is 1.17. The van der Waals surface area contributed by atoms with Crippen LogP contribution in [0.3, 0.4) is 0 Å². The van der Waals surface area contributed by atoms with Crippen molar-refractivity contribution in [3.05, 3.63) is 36.9 Å². The summed E-state index contributed by atoms with van der Waals surface area (Å²) < 4.78 is 0. The maximum Gasteiger partial charge on any atom is 0.224 e. The van der Waals surface area contributed by atoms with Crippen molar-refractivity contribution in [3.8, 4) is 0 Å². The van der Waals surface area contributed by atoms with Crippen molar-refractivity contribution in [2.75, 3.05) is 10.6 Å². The minimum atomic E-state index is -1.30. The summed E-state index contributed by atoms with van der Waals surface area (Å²) in [7, 11) is 0. The maximum atomic E-state index is 9.67. The van der Waals surface area contributed by atoms with E-state index >= 15 is 0 Å². The summed E-state index contributed by atoms with van der Waals surface area (Å²) in [5.41, 5.74) is 0. The molecule has 0 bridgehead atoms. The van der Waals surface area contributed by atoms with E-state index in [0.29, 0.717) is 0 Å². The van der Waals surface area contributed by atoms with Crippen molar-refractivity contribution in [1.82, 2.24) is 19.9 Å². The topological polar surface area (TPSA) is 116 Å². The van der Waals surface area contributed by atoms with Gasteiger partial charge < -0.3 is 20.8 Å². The molecule has 0 radical (unpaired) electrons. The third-order valence-electron chi connectivity index (χ3n) is 1.98. The van der Waals surface area contributed by atoms with E-state index in [1.807, 2.05) is 0 Å². The van der Waals surface area contributed by atoms with Gasteiger partial charge in [0.2, 0.25) is 11.9 Å². The molecule has 0 aliphatic heterocycles. The van der Waals surface area contributed by atoms with Gasteiger partial charge in [0, 0.05) is 24.8 Å². The molecule has 4 N–H and O–H groups in total. The molecular weight excluding hydrogens is 236 g/mol. The number of hydrogen-bond donors (Lipinski definition) is 4. The molecule has 2 atom stereocenters. The minimum absolute atomic E-state index is 0.208. The van der Waals surface area contributed by atoms with Crippen LogP contribution in [0.1, 0.15) is 0 Å². The number of hydrogen-bond acceptors (Lipinski definition) is 8. The van der Waals surface area contributed by atoms with Gasteiger partial charge in [-0.25, -0.2) is 19.9 Å². The second-order valence-electron chi connectivity index (χ2n) is 3.32. The summed E-state index contributed by atoms with van der Waals surface area (Å²) in [5.74, 6) is 0.416. The lowest BCUT2D eigenvalue weighted by atomic mass is 10.4. The van der Waals surface area contributed by atoms with E-state index < -0.39 is 12.5 Å². The molecule has 2 aromatic rings. The highest BCUT2D eigenvalue weighted by molar-refractivity contribution is 5.27. The number of aliphatic hydroxyl groups is 2. The number of rotatable bonds is 5. The summed E-state index contributed by atoms with van der Waals surface area (Å²) in [6.45, 7) is 0. The Morgan fingerprint density at radius 3 is 1.39 bits per heavy atom. The van der Waals surface area contributed by atoms with Crippen LogP contribution in [0.4, 0.5) is 11.9 Å². The Hall–Kier alpha value is -2.32. The third-order valence-corrected chi connectivity index (χ3v) is 1.98. The van der Waals surface area contributed by atoms with Gasteiger partial charge in [-0.05, 0) is 12.1 Å². The number of aromatic nitrogens is 4. The molecule has 2 aromatic heterocycles. The number of nitrogens with zero attached hydrogens (tertiary/aromatic N) is 4. The van der Waals surface area contributed by atoms with Gasteiger partial charge in [0.1, 0.15) is 0 Å². The van der Waals surface area contributed by atoms with Crippen LogP contribution in [-0.2, 0) is 0 Å². The van der Waals surface area contributed by atoms with Crippen molar-refractivity contribution < 1.29 is 10.2 Å². The fraction of sp³-hybridized carbons (Fsp3) is 0.200. The van der Waals surface area contributed by atoms with Gasteiger partial charge in [0.15, 0.2) is 12.5 Å². The molecule has 0 saturated carbocycles. The molecule has 0 saturated heterocycles. The molecule has 0 fully saturated rings. The van der Waals surface area contributed by atoms with Crippen LogP contribution >= 0.6 is 0 Å². The van der Waals surface area contributed by atoms with Gasteiger partial charge in [0.25, 0.3) is 0 Å². The summed E-state index contributed by atoms with van der Waals surface area (Å²) >= 11 is 0. The summed E-state index contributed by atoms with van der Waals surface area (Å²) in [6.07, 6.45) is 3.47. The normalized spacial score (nSPS) is 13.7. The predicted molar refractivity (Wildman–Crippen MR) is 63.3 cm³/mol. The molecule has 2 rings (SSSR count). The van der Waals surface area contributed by atoms with E-state index in [-0.39, 0.29) is 11.9 Å². The molecule has 0 aromatic carbocycles. The molecule has 0 amide bonds. The lowest BCUT2D eigenvalue weighted by molar-refractivity contribution is 0.0545. The number of aliphatic hydroxyl groups excluding tert-OH is 2. The van der Waals surface area contributed by atoms with Crippen molar-refractivity contribution in [1.29, 1.82) is 0 Å². The van der Waals surface area contributed by atoms with E-state index in [0.717, 1.165) is 0 Å². The monoisotopic (exact) mass is 248 g/mol. The van der Waals surface area contributed by atoms with Gasteiger partial charge in [0.05, 0.1) is 0 Å². The first-order chi connectivity index (χ1) is 8.75. The Balaban J connectivity index is 1.91. The summed E-state index contributed by atoms with van der Waals surface area (Å²) in [5, 5.41) is 24.4. The van der Waals surface area contributed by atoms with E-state index in [4.69, 9.17) is 0 Å². The summed E-state index contributed by atoms with van der Waals surface area (Å²) in [4.78, 5) is 15.4. The molecule has 18 heavy (non-hydrogen) atoms. The average molecular weight is 248 g/mol. The van der Waals surface area contributed by atoms with E-state index in [2.05, 4.69) is 30.6 Å². The molecule has 0 aliphatic rings. The highest BCUT2D eigenvalue weighted by Crippen LogP contribution is 2.03. The Kier molecular flexibility index (Phi) is 3.94. The second kappa shape index (κ2) is 5.84. The lowest BCUT2D eigenvalue weighted by Gasteiger charge is -2.19. The zero-order valence-electron chi connectivity index (χ0n) is 9.30. The van der Waals surface area contributed by atoms with Crippen LogP contribution in [0.2, 0.25) is 0 Å². The highest BCUT2D eigenvalue weighted by Gasteiger charge is 2.17. The van der Waals surface area contributed by atoms with Gasteiger partial charge in [-0.1, -0.05) is 0 Å². The average Bonchev–Trinajstić information content (AvgIpc) is 2.41. The zero-order valence-corrected chi connectivity index (χ0v) is 9.30. The van der Waals surface area contributed by atoms with Crippen LogP contribution in [0.5, 0.6) is 0 Å². The lowest BCUT2D eigenvalue weighted by Crippen LogP contribution is -2.39. The molecule has 0 aliphatic carbocycles. The van der Waals surface area contributed by atoms with Crippen LogP contribution in [0.15, 0.2) is 36.9 Å². The Bertz CT molecular complexity index is 423. The highest BCUT2D eigenvalue weighted by atomic mass is 16.4. The van der Waals surface area contributed by atoms with Gasteiger partial charge in [-0.2, -0.15) is 0 Å². The van der Waals surface area contributed by atoms with E-state index in [1.54, 1.807) is 12.1 Å². The van der Waals surface area contributed by atoms with Crippen LogP contribution in [0, 0.1) is 0 Å². The fourth-order valence-electron chi connectivity index (χ4n) is 1.17. The van der Waals surface area contributed by atoms with Crippen LogP contribution in [-0.4, -0.2) is 42.6 Å². The van der Waals surface area contributed by atoms with Gasteiger partial charge >= 0.3 is 0 Å². The Morgan fingerprint density at radius 1 is 0.722 bits per heavy atom. The first-order valence-electron chi connectivity index (χ1n) is 5.19. The smallest absolute Gasteiger partial charge is 0.224 e. The largest absolute Gasteiger partial charge is 0.369 e. The van der Waals surface area contributed by atoms with Gasteiger partial charge in [-0.3, -0.25) is 0 Å². The van der Waals surface area contributed by atoms with E-state index in [1.165, 1.54) is 24.8 Å². The number of nitrogens with one attached hydrogen (secondary N) is 2. The van der Waals surface area contributed by atoms with Crippen molar-refractivity contribution in [2.45, 2.75) is 12.5 Å². The first-order valence-corrected chi connectivity index (χ1v) is 5.19. The Morgan fingerprint density at radius 2 is 1.06 bits per heavy atom. The minimum Gasteiger partial charge on any atom is -0.369 e. The van der Waals surface area contributed by atoms with Crippen molar-refractivity contribution in [2.24, 2.45) is 0 Å². The molecular formula is C10H12N6O2. The van der Waals surface area contributed by atoms with Crippen molar-refractivity contribution >= 4 is 11.9 Å². The zero-order chi connectivity index (χ0) is 12.8. The maximum absolute atomic E-state index is 9.67. The molecule has 94 valence electrons.